The van der Waals surface area contributed by atoms with E-state index in [-0.39, 0.29) is 0 Å². The Labute approximate surface area is 134 Å². The molecular formula is C19H33Br. The van der Waals surface area contributed by atoms with Gasteiger partial charge in [-0.15, -0.1) is 0 Å². The maximum absolute atomic E-state index is 3.42. The number of halogens is 1. The molecule has 0 saturated heterocycles. The first-order chi connectivity index (χ1) is 9.81. The van der Waals surface area contributed by atoms with E-state index in [9.17, 15) is 0 Å². The summed E-state index contributed by atoms with van der Waals surface area (Å²) in [6, 6.07) is 0. The van der Waals surface area contributed by atoms with Crippen LogP contribution in [0, 0.1) is 23.7 Å². The third kappa shape index (κ3) is 5.54. The Morgan fingerprint density at radius 2 is 1.20 bits per heavy atom. The average molecular weight is 341 g/mol. The summed E-state index contributed by atoms with van der Waals surface area (Å²) >= 11 is 3.42. The van der Waals surface area contributed by atoms with Gasteiger partial charge in [0.15, 0.2) is 0 Å². The van der Waals surface area contributed by atoms with Gasteiger partial charge in [-0.25, -0.2) is 0 Å². The minimum absolute atomic E-state index is 0.857. The van der Waals surface area contributed by atoms with Gasteiger partial charge >= 0.3 is 0 Å². The van der Waals surface area contributed by atoms with E-state index >= 15 is 0 Å². The molecule has 2 rings (SSSR count). The summed E-state index contributed by atoms with van der Waals surface area (Å²) in [5.41, 5.74) is 0. The standard InChI is InChI=1S/C19H33Br/c1-2-3-16-4-6-17(7-5-16)8-9-18-10-12-19(13-11-18)14-15-20/h14-19H,2-13H2,1H3/b15-14+. The summed E-state index contributed by atoms with van der Waals surface area (Å²) in [4.78, 5) is 2.06. The van der Waals surface area contributed by atoms with Crippen LogP contribution in [0.2, 0.25) is 0 Å². The van der Waals surface area contributed by atoms with Crippen molar-refractivity contribution in [3.63, 3.8) is 0 Å². The highest BCUT2D eigenvalue weighted by molar-refractivity contribution is 9.11. The maximum Gasteiger partial charge on any atom is -0.0225 e. The van der Waals surface area contributed by atoms with Crippen LogP contribution in [0.5, 0.6) is 0 Å². The Morgan fingerprint density at radius 1 is 0.750 bits per heavy atom. The highest BCUT2D eigenvalue weighted by Crippen LogP contribution is 2.37. The normalized spacial score (nSPS) is 35.5. The Morgan fingerprint density at radius 3 is 1.65 bits per heavy atom. The number of hydrogen-bond acceptors (Lipinski definition) is 0. The molecule has 0 N–H and O–H groups in total. The fourth-order valence-corrected chi connectivity index (χ4v) is 4.89. The van der Waals surface area contributed by atoms with Crippen molar-refractivity contribution in [3.05, 3.63) is 11.1 Å². The van der Waals surface area contributed by atoms with Crippen molar-refractivity contribution in [1.29, 1.82) is 0 Å². The van der Waals surface area contributed by atoms with Crippen molar-refractivity contribution in [2.24, 2.45) is 23.7 Å². The third-order valence-electron chi connectivity index (χ3n) is 5.88. The molecule has 0 atom stereocenters. The van der Waals surface area contributed by atoms with E-state index in [4.69, 9.17) is 0 Å². The summed E-state index contributed by atoms with van der Waals surface area (Å²) in [5.74, 6) is 4.05. The summed E-state index contributed by atoms with van der Waals surface area (Å²) in [6.07, 6.45) is 20.2. The van der Waals surface area contributed by atoms with E-state index in [0.717, 1.165) is 23.7 Å². The number of rotatable bonds is 6. The summed E-state index contributed by atoms with van der Waals surface area (Å²) in [5, 5.41) is 0. The van der Waals surface area contributed by atoms with Gasteiger partial charge in [0.25, 0.3) is 0 Å². The van der Waals surface area contributed by atoms with Crippen molar-refractivity contribution in [3.8, 4) is 0 Å². The first kappa shape index (κ1) is 16.6. The maximum atomic E-state index is 3.42. The highest BCUT2D eigenvalue weighted by atomic mass is 79.9. The van der Waals surface area contributed by atoms with Gasteiger partial charge in [0, 0.05) is 0 Å². The van der Waals surface area contributed by atoms with Gasteiger partial charge < -0.3 is 0 Å². The Bertz CT molecular complexity index is 267. The minimum Gasteiger partial charge on any atom is -0.0745 e. The lowest BCUT2D eigenvalue weighted by atomic mass is 9.75. The quantitative estimate of drug-likeness (QED) is 0.484. The predicted molar refractivity (Wildman–Crippen MR) is 93.1 cm³/mol. The van der Waals surface area contributed by atoms with E-state index < -0.39 is 0 Å². The molecule has 0 amide bonds. The van der Waals surface area contributed by atoms with Gasteiger partial charge in [0.1, 0.15) is 0 Å². The molecular weight excluding hydrogens is 308 g/mol. The zero-order valence-electron chi connectivity index (χ0n) is 13.3. The zero-order valence-corrected chi connectivity index (χ0v) is 14.9. The topological polar surface area (TPSA) is 0 Å². The van der Waals surface area contributed by atoms with E-state index in [1.165, 1.54) is 77.0 Å². The largest absolute Gasteiger partial charge is 0.0745 e. The van der Waals surface area contributed by atoms with E-state index in [1.807, 2.05) is 0 Å². The lowest BCUT2D eigenvalue weighted by Gasteiger charge is -2.31. The average Bonchev–Trinajstić information content (AvgIpc) is 2.49. The molecule has 0 aromatic heterocycles. The Hall–Kier alpha value is 0.220. The second-order valence-electron chi connectivity index (χ2n) is 7.35. The smallest absolute Gasteiger partial charge is 0.0225 e. The summed E-state index contributed by atoms with van der Waals surface area (Å²) in [7, 11) is 0. The van der Waals surface area contributed by atoms with Crippen LogP contribution >= 0.6 is 15.9 Å². The molecule has 0 aromatic carbocycles. The predicted octanol–water partition coefficient (Wildman–Crippen LogP) is 7.09. The lowest BCUT2D eigenvalue weighted by Crippen LogP contribution is -2.17. The van der Waals surface area contributed by atoms with Gasteiger partial charge in [0.05, 0.1) is 0 Å². The molecule has 2 aliphatic carbocycles. The molecule has 20 heavy (non-hydrogen) atoms. The summed E-state index contributed by atoms with van der Waals surface area (Å²) in [6.45, 7) is 2.34. The monoisotopic (exact) mass is 340 g/mol. The third-order valence-corrected chi connectivity index (χ3v) is 6.19. The van der Waals surface area contributed by atoms with Crippen molar-refractivity contribution < 1.29 is 0 Å². The molecule has 0 heterocycles. The van der Waals surface area contributed by atoms with Gasteiger partial charge in [0.2, 0.25) is 0 Å². The fraction of sp³-hybridized carbons (Fsp3) is 0.895. The van der Waals surface area contributed by atoms with Crippen LogP contribution in [-0.4, -0.2) is 0 Å². The van der Waals surface area contributed by atoms with E-state index in [2.05, 4.69) is 33.9 Å². The lowest BCUT2D eigenvalue weighted by molar-refractivity contribution is 0.221. The molecule has 2 aliphatic rings. The van der Waals surface area contributed by atoms with Crippen LogP contribution in [0.4, 0.5) is 0 Å². The highest BCUT2D eigenvalue weighted by Gasteiger charge is 2.23. The molecule has 0 unspecified atom stereocenters. The molecule has 0 nitrogen and oxygen atoms in total. The van der Waals surface area contributed by atoms with Crippen LogP contribution in [0.1, 0.15) is 84.0 Å². The van der Waals surface area contributed by atoms with Crippen molar-refractivity contribution >= 4 is 15.9 Å². The van der Waals surface area contributed by atoms with Crippen LogP contribution in [-0.2, 0) is 0 Å². The molecule has 1 heteroatoms. The van der Waals surface area contributed by atoms with Crippen molar-refractivity contribution in [2.45, 2.75) is 84.0 Å². The second-order valence-corrected chi connectivity index (χ2v) is 7.88. The Balaban J connectivity index is 1.58. The van der Waals surface area contributed by atoms with Crippen molar-refractivity contribution in [1.82, 2.24) is 0 Å². The number of allylic oxidation sites excluding steroid dienone is 1. The molecule has 0 bridgehead atoms. The first-order valence-corrected chi connectivity index (χ1v) is 10.00. The van der Waals surface area contributed by atoms with Crippen LogP contribution in [0.3, 0.4) is 0 Å². The van der Waals surface area contributed by atoms with Crippen LogP contribution in [0.25, 0.3) is 0 Å². The van der Waals surface area contributed by atoms with Crippen molar-refractivity contribution in [2.75, 3.05) is 0 Å². The van der Waals surface area contributed by atoms with Gasteiger partial charge in [-0.05, 0) is 54.3 Å². The zero-order chi connectivity index (χ0) is 14.2. The SMILES string of the molecule is CCCC1CCC(CCC2CCC(/C=C/Br)CC2)CC1. The number of hydrogen-bond donors (Lipinski definition) is 0. The van der Waals surface area contributed by atoms with E-state index in [0.29, 0.717) is 0 Å². The van der Waals surface area contributed by atoms with Crippen LogP contribution < -0.4 is 0 Å². The van der Waals surface area contributed by atoms with Crippen LogP contribution in [0.15, 0.2) is 11.1 Å². The molecule has 0 aliphatic heterocycles. The molecule has 0 spiro atoms. The molecule has 116 valence electrons. The molecule has 2 fully saturated rings. The van der Waals surface area contributed by atoms with E-state index in [1.54, 1.807) is 0 Å². The molecule has 2 saturated carbocycles. The summed E-state index contributed by atoms with van der Waals surface area (Å²) < 4.78 is 0. The van der Waals surface area contributed by atoms with Gasteiger partial charge in [-0.1, -0.05) is 80.3 Å². The molecule has 0 aromatic rings. The Kier molecular flexibility index (Phi) is 7.70. The van der Waals surface area contributed by atoms with Gasteiger partial charge in [-0.2, -0.15) is 0 Å². The fourth-order valence-electron chi connectivity index (χ4n) is 4.46. The second kappa shape index (κ2) is 9.28. The first-order valence-electron chi connectivity index (χ1n) is 9.08. The molecule has 0 radical (unpaired) electrons. The van der Waals surface area contributed by atoms with Gasteiger partial charge in [-0.3, -0.25) is 0 Å². The minimum atomic E-state index is 0.857.